The number of hydrogen-bond donors (Lipinski definition) is 0. The smallest absolute Gasteiger partial charge is 0.222 e. The fourth-order valence-electron chi connectivity index (χ4n) is 0.740. The van der Waals surface area contributed by atoms with Gasteiger partial charge < -0.3 is 0 Å². The summed E-state index contributed by atoms with van der Waals surface area (Å²) in [5.41, 5.74) is -1.02. The van der Waals surface area contributed by atoms with Crippen LogP contribution < -0.4 is 0 Å². The Hall–Kier alpha value is -0.780. The second-order valence-electron chi connectivity index (χ2n) is 2.20. The predicted octanol–water partition coefficient (Wildman–Crippen LogP) is 3.60. The maximum Gasteiger partial charge on any atom is 0.434 e. The van der Waals surface area contributed by atoms with Crippen molar-refractivity contribution in [3.63, 3.8) is 0 Å². The van der Waals surface area contributed by atoms with E-state index in [1.54, 1.807) is 0 Å². The van der Waals surface area contributed by atoms with Gasteiger partial charge in [0.2, 0.25) is 0 Å². The van der Waals surface area contributed by atoms with Crippen LogP contribution in [0, 0.1) is 0 Å². The van der Waals surface area contributed by atoms with Crippen LogP contribution >= 0.6 is 28.1 Å². The summed E-state index contributed by atoms with van der Waals surface area (Å²) in [4.78, 5) is 6.62. The molecule has 0 bridgehead atoms. The minimum Gasteiger partial charge on any atom is -0.222 e. The Kier molecular flexibility index (Phi) is 3.36. The minimum atomic E-state index is -4.51. The van der Waals surface area contributed by atoms with Crippen molar-refractivity contribution in [3.8, 4) is 0 Å². The van der Waals surface area contributed by atoms with Crippen LogP contribution in [-0.4, -0.2) is 10.1 Å². The molecule has 1 heterocycles. The summed E-state index contributed by atoms with van der Waals surface area (Å²) < 4.78 is 36.7. The molecule has 1 aromatic heterocycles. The number of pyridine rings is 1. The molecule has 0 radical (unpaired) electrons. The molecule has 0 amide bonds. The highest BCUT2D eigenvalue weighted by atomic mass is 79.9. The van der Waals surface area contributed by atoms with E-state index >= 15 is 0 Å². The topological polar surface area (TPSA) is 25.2 Å². The molecule has 0 saturated heterocycles. The number of aromatic nitrogens is 1. The summed E-state index contributed by atoms with van der Waals surface area (Å²) in [6.45, 7) is 0. The number of nitrogens with zero attached hydrogens (tertiary/aromatic N) is 2. The van der Waals surface area contributed by atoms with Crippen molar-refractivity contribution in [1.29, 1.82) is 0 Å². The Morgan fingerprint density at radius 2 is 2.07 bits per heavy atom. The Labute approximate surface area is 91.0 Å². The van der Waals surface area contributed by atoms with Crippen LogP contribution in [0.3, 0.4) is 0 Å². The number of isothiocyanates is 1. The van der Waals surface area contributed by atoms with Crippen molar-refractivity contribution < 1.29 is 13.2 Å². The van der Waals surface area contributed by atoms with Gasteiger partial charge in [0.15, 0.2) is 11.5 Å². The first-order chi connectivity index (χ1) is 6.45. The summed E-state index contributed by atoms with van der Waals surface area (Å²) in [5, 5.41) is 1.95. The van der Waals surface area contributed by atoms with Crippen molar-refractivity contribution >= 4 is 39.1 Å². The lowest BCUT2D eigenvalue weighted by Gasteiger charge is -2.07. The lowest BCUT2D eigenvalue weighted by atomic mass is 10.3. The van der Waals surface area contributed by atoms with Crippen molar-refractivity contribution in [3.05, 3.63) is 22.3 Å². The molecule has 0 unspecified atom stereocenters. The molecule has 14 heavy (non-hydrogen) atoms. The van der Waals surface area contributed by atoms with Crippen LogP contribution in [0.5, 0.6) is 0 Å². The third-order valence-corrected chi connectivity index (χ3v) is 1.99. The van der Waals surface area contributed by atoms with Gasteiger partial charge in [-0.05, 0) is 40.3 Å². The average molecular weight is 283 g/mol. The van der Waals surface area contributed by atoms with Crippen molar-refractivity contribution in [2.24, 2.45) is 4.99 Å². The molecule has 0 aromatic carbocycles. The highest BCUT2D eigenvalue weighted by Gasteiger charge is 2.35. The van der Waals surface area contributed by atoms with Crippen LogP contribution in [0.2, 0.25) is 0 Å². The fourth-order valence-corrected chi connectivity index (χ4v) is 1.28. The second kappa shape index (κ2) is 4.16. The number of alkyl halides is 3. The van der Waals surface area contributed by atoms with Crippen LogP contribution in [-0.2, 0) is 6.18 Å². The summed E-state index contributed by atoms with van der Waals surface area (Å²) in [5.74, 6) is -0.115. The van der Waals surface area contributed by atoms with Crippen LogP contribution in [0.4, 0.5) is 19.0 Å². The lowest BCUT2D eigenvalue weighted by Crippen LogP contribution is -2.08. The highest BCUT2D eigenvalue weighted by Crippen LogP contribution is 2.34. The molecule has 1 rings (SSSR count). The zero-order chi connectivity index (χ0) is 10.8. The Morgan fingerprint density at radius 1 is 1.43 bits per heavy atom. The van der Waals surface area contributed by atoms with Crippen molar-refractivity contribution in [2.45, 2.75) is 6.18 Å². The van der Waals surface area contributed by atoms with Gasteiger partial charge in [0, 0.05) is 4.47 Å². The van der Waals surface area contributed by atoms with E-state index in [1.807, 2.05) is 5.16 Å². The van der Waals surface area contributed by atoms with Gasteiger partial charge in [-0.25, -0.2) is 4.98 Å². The molecule has 0 spiro atoms. The molecule has 0 N–H and O–H groups in total. The molecule has 74 valence electrons. The number of hydrogen-bond acceptors (Lipinski definition) is 3. The van der Waals surface area contributed by atoms with Gasteiger partial charge in [0.1, 0.15) is 0 Å². The zero-order valence-corrected chi connectivity index (χ0v) is 8.87. The van der Waals surface area contributed by atoms with E-state index in [0.29, 0.717) is 0 Å². The maximum atomic E-state index is 12.3. The Bertz CT molecular complexity index is 398. The van der Waals surface area contributed by atoms with E-state index in [9.17, 15) is 13.2 Å². The average Bonchev–Trinajstić information content (AvgIpc) is 2.07. The highest BCUT2D eigenvalue weighted by molar-refractivity contribution is 9.10. The van der Waals surface area contributed by atoms with E-state index in [-0.39, 0.29) is 10.3 Å². The van der Waals surface area contributed by atoms with Gasteiger partial charge in [-0.1, -0.05) is 0 Å². The van der Waals surface area contributed by atoms with Gasteiger partial charge in [-0.15, -0.1) is 0 Å². The molecular weight excluding hydrogens is 281 g/mol. The van der Waals surface area contributed by atoms with Crippen LogP contribution in [0.1, 0.15) is 5.69 Å². The number of rotatable bonds is 1. The molecule has 2 nitrogen and oxygen atoms in total. The summed E-state index contributed by atoms with van der Waals surface area (Å²) >= 11 is 7.00. The molecule has 0 saturated carbocycles. The van der Waals surface area contributed by atoms with E-state index in [1.165, 1.54) is 12.1 Å². The molecule has 0 aliphatic carbocycles. The largest absolute Gasteiger partial charge is 0.434 e. The zero-order valence-electron chi connectivity index (χ0n) is 6.47. The third-order valence-electron chi connectivity index (χ3n) is 1.26. The summed E-state index contributed by atoms with van der Waals surface area (Å²) in [7, 11) is 0. The van der Waals surface area contributed by atoms with Gasteiger partial charge in [0.25, 0.3) is 0 Å². The molecule has 0 aliphatic rings. The molecule has 1 aromatic rings. The van der Waals surface area contributed by atoms with E-state index < -0.39 is 11.9 Å². The normalized spacial score (nSPS) is 10.9. The quantitative estimate of drug-likeness (QED) is 0.581. The molecule has 7 heteroatoms. The molecular formula is C7H2BrF3N2S. The maximum absolute atomic E-state index is 12.3. The van der Waals surface area contributed by atoms with Crippen LogP contribution in [0.25, 0.3) is 0 Å². The Balaban J connectivity index is 3.28. The number of aliphatic imine (C=N–C) groups is 1. The van der Waals surface area contributed by atoms with Gasteiger partial charge in [-0.3, -0.25) is 0 Å². The summed E-state index contributed by atoms with van der Waals surface area (Å²) in [6, 6.07) is 2.51. The SMILES string of the molecule is FC(F)(F)c1nc(N=C=S)ccc1Br. The first kappa shape index (κ1) is 11.3. The fraction of sp³-hybridized carbons (Fsp3) is 0.143. The van der Waals surface area contributed by atoms with E-state index in [4.69, 9.17) is 0 Å². The lowest BCUT2D eigenvalue weighted by molar-refractivity contribution is -0.141. The molecule has 0 fully saturated rings. The second-order valence-corrected chi connectivity index (χ2v) is 3.24. The van der Waals surface area contributed by atoms with E-state index in [0.717, 1.165) is 0 Å². The van der Waals surface area contributed by atoms with Gasteiger partial charge in [0.05, 0.1) is 5.16 Å². The first-order valence-electron chi connectivity index (χ1n) is 3.27. The number of halogens is 4. The summed E-state index contributed by atoms with van der Waals surface area (Å²) in [6.07, 6.45) is -4.51. The predicted molar refractivity (Wildman–Crippen MR) is 51.6 cm³/mol. The first-order valence-corrected chi connectivity index (χ1v) is 4.47. The number of thiocarbonyl (C=S) groups is 1. The molecule has 0 aliphatic heterocycles. The van der Waals surface area contributed by atoms with Crippen molar-refractivity contribution in [1.82, 2.24) is 4.98 Å². The Morgan fingerprint density at radius 3 is 2.57 bits per heavy atom. The standard InChI is InChI=1S/C7H2BrF3N2S/c8-4-1-2-5(12-3-14)13-6(4)7(9,10)11/h1-2H. The van der Waals surface area contributed by atoms with Crippen molar-refractivity contribution in [2.75, 3.05) is 0 Å². The van der Waals surface area contributed by atoms with E-state index in [2.05, 4.69) is 38.1 Å². The third kappa shape index (κ3) is 2.60. The molecule has 0 atom stereocenters. The monoisotopic (exact) mass is 282 g/mol. The minimum absolute atomic E-state index is 0.115. The van der Waals surface area contributed by atoms with Gasteiger partial charge in [-0.2, -0.15) is 18.2 Å². The van der Waals surface area contributed by atoms with Crippen LogP contribution in [0.15, 0.2) is 21.6 Å². The van der Waals surface area contributed by atoms with Gasteiger partial charge >= 0.3 is 6.18 Å².